The van der Waals surface area contributed by atoms with Crippen molar-refractivity contribution in [2.24, 2.45) is 0 Å². The van der Waals surface area contributed by atoms with E-state index in [0.29, 0.717) is 6.61 Å². The highest BCUT2D eigenvalue weighted by Crippen LogP contribution is 2.26. The molecule has 1 fully saturated rings. The van der Waals surface area contributed by atoms with Crippen LogP contribution in [-0.4, -0.2) is 35.9 Å². The van der Waals surface area contributed by atoms with Gasteiger partial charge in [0.05, 0.1) is 16.6 Å². The van der Waals surface area contributed by atoms with E-state index in [4.69, 9.17) is 21.1 Å². The molecule has 1 saturated heterocycles. The fourth-order valence-electron chi connectivity index (χ4n) is 2.05. The quantitative estimate of drug-likeness (QED) is 0.679. The van der Waals surface area contributed by atoms with Crippen LogP contribution in [0.1, 0.15) is 24.2 Å². The van der Waals surface area contributed by atoms with Crippen molar-refractivity contribution in [1.29, 1.82) is 0 Å². The lowest BCUT2D eigenvalue weighted by Gasteiger charge is -2.17. The zero-order valence-electron chi connectivity index (χ0n) is 11.6. The molecule has 1 aliphatic rings. The summed E-state index contributed by atoms with van der Waals surface area (Å²) in [6.45, 7) is 4.07. The summed E-state index contributed by atoms with van der Waals surface area (Å²) in [6.07, 6.45) is -0.300. The maximum absolute atomic E-state index is 12.1. The molecule has 0 spiro atoms. The number of hydrogen-bond acceptors (Lipinski definition) is 5. The smallest absolute Gasteiger partial charge is 0.283 e. The molecule has 2 rings (SSSR count). The third-order valence-electron chi connectivity index (χ3n) is 2.97. The zero-order chi connectivity index (χ0) is 15.6. The van der Waals surface area contributed by atoms with Crippen molar-refractivity contribution in [3.05, 3.63) is 38.9 Å². The second-order valence-corrected chi connectivity index (χ2v) is 5.46. The SMILES string of the molecule is CC1(C)OCC(CNC(=O)c2c(Cl)cccc2[N+](=O)[O-])O1. The van der Waals surface area contributed by atoms with Crippen molar-refractivity contribution < 1.29 is 19.2 Å². The minimum Gasteiger partial charge on any atom is -0.349 e. The molecule has 8 heteroatoms. The molecule has 21 heavy (non-hydrogen) atoms. The van der Waals surface area contributed by atoms with Gasteiger partial charge in [-0.15, -0.1) is 0 Å². The second kappa shape index (κ2) is 5.97. The first-order chi connectivity index (χ1) is 9.80. The first-order valence-electron chi connectivity index (χ1n) is 6.33. The van der Waals surface area contributed by atoms with Gasteiger partial charge in [0.25, 0.3) is 11.6 Å². The molecular weight excluding hydrogens is 300 g/mol. The Hall–Kier alpha value is -1.70. The molecule has 1 N–H and O–H groups in total. The Bertz CT molecular complexity index is 576. The van der Waals surface area contributed by atoms with Crippen LogP contribution in [-0.2, 0) is 9.47 Å². The van der Waals surface area contributed by atoms with Crippen LogP contribution in [0.5, 0.6) is 0 Å². The van der Waals surface area contributed by atoms with Crippen molar-refractivity contribution in [1.82, 2.24) is 5.32 Å². The van der Waals surface area contributed by atoms with Gasteiger partial charge in [-0.25, -0.2) is 0 Å². The molecule has 0 bridgehead atoms. The third kappa shape index (κ3) is 3.69. The van der Waals surface area contributed by atoms with E-state index in [9.17, 15) is 14.9 Å². The standard InChI is InChI=1S/C13H15ClN2O5/c1-13(2)20-7-8(21-13)6-15-12(17)11-9(14)4-3-5-10(11)16(18)19/h3-5,8H,6-7H2,1-2H3,(H,15,17). The lowest BCUT2D eigenvalue weighted by Crippen LogP contribution is -2.34. The van der Waals surface area contributed by atoms with Gasteiger partial charge in [-0.2, -0.15) is 0 Å². The Morgan fingerprint density at radius 3 is 2.86 bits per heavy atom. The Morgan fingerprint density at radius 2 is 2.29 bits per heavy atom. The molecular formula is C13H15ClN2O5. The number of rotatable bonds is 4. The summed E-state index contributed by atoms with van der Waals surface area (Å²) in [5, 5.41) is 13.6. The van der Waals surface area contributed by atoms with E-state index in [0.717, 1.165) is 0 Å². The molecule has 1 aliphatic heterocycles. The number of nitrogens with one attached hydrogen (secondary N) is 1. The van der Waals surface area contributed by atoms with Gasteiger partial charge in [0.2, 0.25) is 0 Å². The number of carbonyl (C=O) groups excluding carboxylic acids is 1. The maximum atomic E-state index is 12.1. The number of amides is 1. The first-order valence-corrected chi connectivity index (χ1v) is 6.71. The van der Waals surface area contributed by atoms with Gasteiger partial charge in [0, 0.05) is 12.6 Å². The van der Waals surface area contributed by atoms with Crippen LogP contribution in [0.25, 0.3) is 0 Å². The average molecular weight is 315 g/mol. The summed E-state index contributed by atoms with van der Waals surface area (Å²) in [5.74, 6) is -1.30. The number of benzene rings is 1. The number of nitrogens with zero attached hydrogens (tertiary/aromatic N) is 1. The topological polar surface area (TPSA) is 90.7 Å². The number of carbonyl (C=O) groups is 1. The van der Waals surface area contributed by atoms with Crippen LogP contribution < -0.4 is 5.32 Å². The molecule has 1 unspecified atom stereocenters. The number of ether oxygens (including phenoxy) is 2. The van der Waals surface area contributed by atoms with Crippen LogP contribution in [0.3, 0.4) is 0 Å². The van der Waals surface area contributed by atoms with E-state index < -0.39 is 16.6 Å². The predicted molar refractivity (Wildman–Crippen MR) is 75.3 cm³/mol. The molecule has 1 aromatic carbocycles. The van der Waals surface area contributed by atoms with Gasteiger partial charge < -0.3 is 14.8 Å². The van der Waals surface area contributed by atoms with E-state index in [1.807, 2.05) is 0 Å². The Labute approximate surface area is 126 Å². The lowest BCUT2D eigenvalue weighted by atomic mass is 10.1. The van der Waals surface area contributed by atoms with Crippen molar-refractivity contribution in [3.8, 4) is 0 Å². The molecule has 1 atom stereocenters. The minimum absolute atomic E-state index is 0.0330. The molecule has 0 aliphatic carbocycles. The molecule has 0 radical (unpaired) electrons. The van der Waals surface area contributed by atoms with E-state index >= 15 is 0 Å². The van der Waals surface area contributed by atoms with Crippen LogP contribution in [0.2, 0.25) is 5.02 Å². The molecule has 0 aromatic heterocycles. The normalized spacial score (nSPS) is 20.2. The lowest BCUT2D eigenvalue weighted by molar-refractivity contribution is -0.385. The first kappa shape index (κ1) is 15.7. The molecule has 7 nitrogen and oxygen atoms in total. The van der Waals surface area contributed by atoms with Crippen LogP contribution in [0.15, 0.2) is 18.2 Å². The number of nitro groups is 1. The van der Waals surface area contributed by atoms with Gasteiger partial charge >= 0.3 is 0 Å². The second-order valence-electron chi connectivity index (χ2n) is 5.05. The average Bonchev–Trinajstić information content (AvgIpc) is 2.75. The van der Waals surface area contributed by atoms with Crippen LogP contribution >= 0.6 is 11.6 Å². The third-order valence-corrected chi connectivity index (χ3v) is 3.29. The van der Waals surface area contributed by atoms with Crippen molar-refractivity contribution >= 4 is 23.2 Å². The maximum Gasteiger partial charge on any atom is 0.283 e. The summed E-state index contributed by atoms with van der Waals surface area (Å²) >= 11 is 5.89. The Kier molecular flexibility index (Phi) is 4.46. The van der Waals surface area contributed by atoms with E-state index in [-0.39, 0.29) is 28.9 Å². The number of hydrogen-bond donors (Lipinski definition) is 1. The summed E-state index contributed by atoms with van der Waals surface area (Å²) in [7, 11) is 0. The van der Waals surface area contributed by atoms with Gasteiger partial charge in [0.1, 0.15) is 11.7 Å². The van der Waals surface area contributed by atoms with Crippen LogP contribution in [0.4, 0.5) is 5.69 Å². The molecule has 1 heterocycles. The monoisotopic (exact) mass is 314 g/mol. The van der Waals surface area contributed by atoms with E-state index in [1.165, 1.54) is 18.2 Å². The largest absolute Gasteiger partial charge is 0.349 e. The van der Waals surface area contributed by atoms with E-state index in [2.05, 4.69) is 5.32 Å². The Morgan fingerprint density at radius 1 is 1.57 bits per heavy atom. The minimum atomic E-state index is -0.689. The van der Waals surface area contributed by atoms with Crippen LogP contribution in [0, 0.1) is 10.1 Å². The summed E-state index contributed by atoms with van der Waals surface area (Å²) in [4.78, 5) is 22.4. The van der Waals surface area contributed by atoms with Crippen molar-refractivity contribution in [2.75, 3.05) is 13.2 Å². The number of nitro benzene ring substituents is 1. The summed E-state index contributed by atoms with van der Waals surface area (Å²) in [6, 6.07) is 4.09. The highest BCUT2D eigenvalue weighted by Gasteiger charge is 2.33. The van der Waals surface area contributed by atoms with Gasteiger partial charge in [0.15, 0.2) is 5.79 Å². The fraction of sp³-hybridized carbons (Fsp3) is 0.462. The highest BCUT2D eigenvalue weighted by atomic mass is 35.5. The predicted octanol–water partition coefficient (Wildman–Crippen LogP) is 2.13. The zero-order valence-corrected chi connectivity index (χ0v) is 12.3. The fourth-order valence-corrected chi connectivity index (χ4v) is 2.30. The van der Waals surface area contributed by atoms with E-state index in [1.54, 1.807) is 13.8 Å². The van der Waals surface area contributed by atoms with Gasteiger partial charge in [-0.05, 0) is 19.9 Å². The highest BCUT2D eigenvalue weighted by molar-refractivity contribution is 6.34. The van der Waals surface area contributed by atoms with Gasteiger partial charge in [-0.1, -0.05) is 17.7 Å². The van der Waals surface area contributed by atoms with Gasteiger partial charge in [-0.3, -0.25) is 14.9 Å². The number of halogens is 1. The molecule has 114 valence electrons. The summed E-state index contributed by atoms with van der Waals surface area (Å²) < 4.78 is 10.9. The summed E-state index contributed by atoms with van der Waals surface area (Å²) in [5.41, 5.74) is -0.480. The van der Waals surface area contributed by atoms with Crippen molar-refractivity contribution in [2.45, 2.75) is 25.7 Å². The molecule has 1 amide bonds. The Balaban J connectivity index is 2.06. The van der Waals surface area contributed by atoms with Crippen molar-refractivity contribution in [3.63, 3.8) is 0 Å². The molecule has 0 saturated carbocycles. The molecule has 1 aromatic rings.